The van der Waals surface area contributed by atoms with E-state index in [1.807, 2.05) is 10.8 Å². The Kier molecular flexibility index (Phi) is 8.43. The lowest BCUT2D eigenvalue weighted by Gasteiger charge is -1.99. The van der Waals surface area contributed by atoms with E-state index in [4.69, 9.17) is 9.47 Å². The van der Waals surface area contributed by atoms with Crippen molar-refractivity contribution in [2.75, 3.05) is 13.2 Å². The van der Waals surface area contributed by atoms with Crippen molar-refractivity contribution in [3.63, 3.8) is 0 Å². The quantitative estimate of drug-likeness (QED) is 0.367. The molecule has 0 bridgehead atoms. The molecule has 0 aliphatic rings. The highest BCUT2D eigenvalue weighted by atomic mass is 33.1. The number of nitrogens with zero attached hydrogens (tertiary/aromatic N) is 2. The number of hydrogen-bond acceptors (Lipinski definition) is 8. The van der Waals surface area contributed by atoms with Gasteiger partial charge in [0.1, 0.15) is 0 Å². The lowest BCUT2D eigenvalue weighted by molar-refractivity contribution is 0.298. The van der Waals surface area contributed by atoms with Crippen molar-refractivity contribution < 1.29 is 9.47 Å². The van der Waals surface area contributed by atoms with Crippen LogP contribution in [0.4, 0.5) is 0 Å². The van der Waals surface area contributed by atoms with Crippen LogP contribution in [-0.2, 0) is 0 Å². The predicted octanol–water partition coefficient (Wildman–Crippen LogP) is 5.76. The number of unbranched alkanes of at least 4 members (excludes halogenated alkanes) is 2. The highest BCUT2D eigenvalue weighted by Crippen LogP contribution is 2.41. The maximum Gasteiger partial charge on any atom is 0.225 e. The molecule has 0 spiro atoms. The average Bonchev–Trinajstić information content (AvgIpc) is 3.15. The first kappa shape index (κ1) is 17.9. The van der Waals surface area contributed by atoms with Gasteiger partial charge in [-0.25, -0.2) is 0 Å². The van der Waals surface area contributed by atoms with Crippen LogP contribution in [0.2, 0.25) is 0 Å². The molecule has 122 valence electrons. The largest absolute Gasteiger partial charge is 0.477 e. The number of ether oxygens (including phenoxy) is 2. The number of thiazole rings is 2. The van der Waals surface area contributed by atoms with Crippen molar-refractivity contribution in [1.82, 2.24) is 9.97 Å². The molecule has 0 amide bonds. The van der Waals surface area contributed by atoms with Gasteiger partial charge in [0.25, 0.3) is 0 Å². The zero-order chi connectivity index (χ0) is 15.6. The molecule has 2 aromatic rings. The van der Waals surface area contributed by atoms with E-state index in [0.29, 0.717) is 0 Å². The van der Waals surface area contributed by atoms with Gasteiger partial charge in [0, 0.05) is 0 Å². The Morgan fingerprint density at radius 1 is 0.864 bits per heavy atom. The molecule has 8 heteroatoms. The first-order valence-electron chi connectivity index (χ1n) is 7.33. The molecule has 2 aromatic heterocycles. The van der Waals surface area contributed by atoms with E-state index >= 15 is 0 Å². The molecule has 0 unspecified atom stereocenters. The van der Waals surface area contributed by atoms with Crippen LogP contribution in [0.3, 0.4) is 0 Å². The van der Waals surface area contributed by atoms with Crippen LogP contribution in [-0.4, -0.2) is 23.2 Å². The van der Waals surface area contributed by atoms with Gasteiger partial charge in [-0.05, 0) is 34.4 Å². The van der Waals surface area contributed by atoms with Gasteiger partial charge in [0.15, 0.2) is 8.68 Å². The van der Waals surface area contributed by atoms with Crippen LogP contribution >= 0.6 is 44.3 Å². The minimum atomic E-state index is 0.726. The van der Waals surface area contributed by atoms with E-state index in [0.717, 1.165) is 59.3 Å². The van der Waals surface area contributed by atoms with Crippen molar-refractivity contribution in [2.24, 2.45) is 0 Å². The Morgan fingerprint density at radius 2 is 1.32 bits per heavy atom. The molecule has 22 heavy (non-hydrogen) atoms. The van der Waals surface area contributed by atoms with Crippen LogP contribution in [0.5, 0.6) is 11.8 Å². The average molecular weight is 377 g/mol. The maximum atomic E-state index is 5.58. The van der Waals surface area contributed by atoms with Gasteiger partial charge in [0.05, 0.1) is 24.0 Å². The molecule has 0 radical (unpaired) electrons. The zero-order valence-electron chi connectivity index (χ0n) is 12.7. The van der Waals surface area contributed by atoms with Crippen molar-refractivity contribution in [1.29, 1.82) is 0 Å². The summed E-state index contributed by atoms with van der Waals surface area (Å²) < 4.78 is 13.1. The Balaban J connectivity index is 1.73. The number of hydrogen-bond donors (Lipinski definition) is 0. The molecule has 0 fully saturated rings. The molecular formula is C14H20N2O2S4. The smallest absolute Gasteiger partial charge is 0.225 e. The summed E-state index contributed by atoms with van der Waals surface area (Å²) in [6, 6.07) is 0. The summed E-state index contributed by atoms with van der Waals surface area (Å²) in [5.74, 6) is 1.45. The molecule has 0 aliphatic heterocycles. The fourth-order valence-corrected chi connectivity index (χ4v) is 5.31. The minimum Gasteiger partial charge on any atom is -0.477 e. The lowest BCUT2D eigenvalue weighted by Crippen LogP contribution is -1.96. The van der Waals surface area contributed by atoms with Crippen LogP contribution in [0, 0.1) is 0 Å². The number of aromatic nitrogens is 2. The van der Waals surface area contributed by atoms with Crippen LogP contribution in [0.15, 0.2) is 19.4 Å². The second-order valence-corrected chi connectivity index (χ2v) is 8.81. The third-order valence-electron chi connectivity index (χ3n) is 2.60. The fraction of sp³-hybridized carbons (Fsp3) is 0.571. The Morgan fingerprint density at radius 3 is 1.73 bits per heavy atom. The van der Waals surface area contributed by atoms with Crippen LogP contribution in [0.25, 0.3) is 0 Å². The predicted molar refractivity (Wildman–Crippen MR) is 96.7 cm³/mol. The standard InChI is InChI=1S/C14H20N2O2S4/c1-3-5-7-17-11-9-19-13(15-11)21-22-14-16-12(10-20-14)18-8-6-4-2/h9-10H,3-8H2,1-2H3. The molecule has 2 rings (SSSR count). The van der Waals surface area contributed by atoms with E-state index in [9.17, 15) is 0 Å². The highest BCUT2D eigenvalue weighted by Gasteiger charge is 2.08. The van der Waals surface area contributed by atoms with Gasteiger partial charge >= 0.3 is 0 Å². The van der Waals surface area contributed by atoms with Gasteiger partial charge in [-0.15, -0.1) is 22.7 Å². The summed E-state index contributed by atoms with van der Waals surface area (Å²) in [5, 5.41) is 3.92. The minimum absolute atomic E-state index is 0.726. The molecular weight excluding hydrogens is 356 g/mol. The third-order valence-corrected chi connectivity index (χ3v) is 7.29. The van der Waals surface area contributed by atoms with Crippen molar-refractivity contribution in [2.45, 2.75) is 48.2 Å². The molecule has 4 nitrogen and oxygen atoms in total. The maximum absolute atomic E-state index is 5.58. The highest BCUT2D eigenvalue weighted by molar-refractivity contribution is 8.77. The van der Waals surface area contributed by atoms with Crippen LogP contribution in [0.1, 0.15) is 39.5 Å². The molecule has 0 atom stereocenters. The van der Waals surface area contributed by atoms with Gasteiger partial charge in [0.2, 0.25) is 11.8 Å². The van der Waals surface area contributed by atoms with Gasteiger partial charge in [-0.3, -0.25) is 0 Å². The molecule has 0 saturated carbocycles. The summed E-state index contributed by atoms with van der Waals surface area (Å²) >= 11 is 3.20. The lowest BCUT2D eigenvalue weighted by atomic mass is 10.4. The Bertz CT molecular complexity index is 496. The Hall–Kier alpha value is -0.440. The van der Waals surface area contributed by atoms with E-state index in [-0.39, 0.29) is 0 Å². The molecule has 0 N–H and O–H groups in total. The molecule has 0 aromatic carbocycles. The van der Waals surface area contributed by atoms with E-state index in [1.165, 1.54) is 0 Å². The van der Waals surface area contributed by atoms with Crippen LogP contribution < -0.4 is 9.47 Å². The van der Waals surface area contributed by atoms with Gasteiger partial charge < -0.3 is 9.47 Å². The summed E-state index contributed by atoms with van der Waals surface area (Å²) in [7, 11) is 3.22. The third kappa shape index (κ3) is 6.36. The number of rotatable bonds is 11. The normalized spacial score (nSPS) is 10.8. The Labute approximate surface area is 147 Å². The second-order valence-electron chi connectivity index (χ2n) is 4.47. The van der Waals surface area contributed by atoms with Gasteiger partial charge in [-0.1, -0.05) is 26.7 Å². The van der Waals surface area contributed by atoms with Gasteiger partial charge in [-0.2, -0.15) is 9.97 Å². The van der Waals surface area contributed by atoms with Crippen molar-refractivity contribution in [3.05, 3.63) is 10.8 Å². The van der Waals surface area contributed by atoms with E-state index < -0.39 is 0 Å². The fourth-order valence-electron chi connectivity index (χ4n) is 1.41. The molecule has 0 aliphatic carbocycles. The second kappa shape index (κ2) is 10.4. The molecule has 0 saturated heterocycles. The summed E-state index contributed by atoms with van der Waals surface area (Å²) in [4.78, 5) is 8.90. The van der Waals surface area contributed by atoms with E-state index in [1.54, 1.807) is 44.3 Å². The first-order valence-corrected chi connectivity index (χ1v) is 11.2. The van der Waals surface area contributed by atoms with E-state index in [2.05, 4.69) is 23.8 Å². The zero-order valence-corrected chi connectivity index (χ0v) is 16.0. The summed E-state index contributed by atoms with van der Waals surface area (Å²) in [6.07, 6.45) is 4.39. The van der Waals surface area contributed by atoms with Crippen molar-refractivity contribution in [3.8, 4) is 11.8 Å². The first-order chi connectivity index (χ1) is 10.8. The monoisotopic (exact) mass is 376 g/mol. The molecule has 2 heterocycles. The summed E-state index contributed by atoms with van der Waals surface area (Å²) in [6.45, 7) is 5.78. The summed E-state index contributed by atoms with van der Waals surface area (Å²) in [5.41, 5.74) is 0. The van der Waals surface area contributed by atoms with Crippen molar-refractivity contribution >= 4 is 44.3 Å². The topological polar surface area (TPSA) is 44.2 Å². The SMILES string of the molecule is CCCCOc1csc(SSc2nc(OCCCC)cs2)n1.